The summed E-state index contributed by atoms with van der Waals surface area (Å²) in [4.78, 5) is 35.1. The van der Waals surface area contributed by atoms with Crippen molar-refractivity contribution >= 4 is 29.7 Å². The summed E-state index contributed by atoms with van der Waals surface area (Å²) in [7, 11) is 2.72. The number of benzene rings is 2. The second kappa shape index (κ2) is 11.3. The van der Waals surface area contributed by atoms with Crippen LogP contribution in [0.5, 0.6) is 11.5 Å². The first-order valence-electron chi connectivity index (χ1n) is 9.39. The molecule has 164 valence electrons. The van der Waals surface area contributed by atoms with Crippen LogP contribution in [0.3, 0.4) is 0 Å². The minimum absolute atomic E-state index is 0.249. The van der Waals surface area contributed by atoms with Crippen LogP contribution in [-0.2, 0) is 19.1 Å². The molecule has 2 rings (SSSR count). The highest BCUT2D eigenvalue weighted by atomic mass is 16.6. The van der Waals surface area contributed by atoms with Crippen molar-refractivity contribution < 1.29 is 28.6 Å². The molecule has 0 saturated carbocycles. The molecular weight excluding hydrogens is 402 g/mol. The molecule has 9 nitrogen and oxygen atoms in total. The lowest BCUT2D eigenvalue weighted by Crippen LogP contribution is -2.24. The third-order valence-corrected chi connectivity index (χ3v) is 4.28. The molecule has 0 saturated heterocycles. The molecule has 0 heterocycles. The van der Waals surface area contributed by atoms with Crippen molar-refractivity contribution in [1.82, 2.24) is 5.43 Å². The molecule has 31 heavy (non-hydrogen) atoms. The number of hydrogen-bond donors (Lipinski definition) is 2. The van der Waals surface area contributed by atoms with Gasteiger partial charge in [-0.15, -0.1) is 0 Å². The topological polar surface area (TPSA) is 115 Å². The average Bonchev–Trinajstić information content (AvgIpc) is 2.74. The molecule has 0 unspecified atom stereocenters. The van der Waals surface area contributed by atoms with Crippen LogP contribution in [0.4, 0.5) is 5.69 Å². The zero-order valence-corrected chi connectivity index (χ0v) is 17.9. The number of anilines is 1. The van der Waals surface area contributed by atoms with Crippen molar-refractivity contribution in [3.05, 3.63) is 53.1 Å². The Labute approximate surface area is 180 Å². The van der Waals surface area contributed by atoms with Gasteiger partial charge in [-0.1, -0.05) is 6.07 Å². The number of ether oxygens (including phenoxy) is 3. The molecular formula is C22H25N3O6. The number of carbonyl (C=O) groups excluding carboxylic acids is 3. The van der Waals surface area contributed by atoms with Gasteiger partial charge in [-0.05, 0) is 60.9 Å². The monoisotopic (exact) mass is 427 g/mol. The third kappa shape index (κ3) is 7.46. The van der Waals surface area contributed by atoms with Crippen LogP contribution in [0.1, 0.15) is 23.1 Å². The van der Waals surface area contributed by atoms with Crippen molar-refractivity contribution in [3.8, 4) is 11.5 Å². The maximum Gasteiger partial charge on any atom is 0.343 e. The lowest BCUT2D eigenvalue weighted by Gasteiger charge is -2.10. The standard InChI is InChI=1S/C22H25N3O6/c1-14-5-7-17(9-15(14)2)24-20(26)11-21(27)25-23-12-16-6-8-18(19(10-16)29-3)31-13-22(28)30-4/h5-10,12H,11,13H2,1-4H3,(H,24,26)(H,25,27). The van der Waals surface area contributed by atoms with Crippen LogP contribution < -0.4 is 20.2 Å². The van der Waals surface area contributed by atoms with E-state index in [1.165, 1.54) is 20.4 Å². The van der Waals surface area contributed by atoms with Crippen LogP contribution in [0.2, 0.25) is 0 Å². The van der Waals surface area contributed by atoms with E-state index in [4.69, 9.17) is 9.47 Å². The van der Waals surface area contributed by atoms with Crippen LogP contribution in [0.25, 0.3) is 0 Å². The molecule has 0 bridgehead atoms. The fraction of sp³-hybridized carbons (Fsp3) is 0.273. The second-order valence-electron chi connectivity index (χ2n) is 6.59. The molecule has 0 spiro atoms. The van der Waals surface area contributed by atoms with Gasteiger partial charge in [-0.3, -0.25) is 9.59 Å². The van der Waals surface area contributed by atoms with E-state index in [0.29, 0.717) is 22.7 Å². The van der Waals surface area contributed by atoms with E-state index in [9.17, 15) is 14.4 Å². The summed E-state index contributed by atoms with van der Waals surface area (Å²) in [5, 5.41) is 6.52. The van der Waals surface area contributed by atoms with Gasteiger partial charge in [0.2, 0.25) is 11.8 Å². The smallest absolute Gasteiger partial charge is 0.343 e. The average molecular weight is 427 g/mol. The summed E-state index contributed by atoms with van der Waals surface area (Å²) < 4.78 is 15.1. The molecule has 0 aromatic heterocycles. The van der Waals surface area contributed by atoms with Gasteiger partial charge in [0.15, 0.2) is 18.1 Å². The van der Waals surface area contributed by atoms with Gasteiger partial charge in [-0.2, -0.15) is 5.10 Å². The number of hydrazone groups is 1. The van der Waals surface area contributed by atoms with Crippen molar-refractivity contribution in [2.24, 2.45) is 5.10 Å². The molecule has 0 atom stereocenters. The van der Waals surface area contributed by atoms with E-state index in [-0.39, 0.29) is 13.0 Å². The molecule has 2 aromatic carbocycles. The van der Waals surface area contributed by atoms with E-state index in [0.717, 1.165) is 11.1 Å². The fourth-order valence-corrected chi connectivity index (χ4v) is 2.47. The number of rotatable bonds is 9. The first-order chi connectivity index (χ1) is 14.8. The van der Waals surface area contributed by atoms with Crippen molar-refractivity contribution in [3.63, 3.8) is 0 Å². The molecule has 2 N–H and O–H groups in total. The Balaban J connectivity index is 1.87. The predicted octanol–water partition coefficient (Wildman–Crippen LogP) is 2.34. The Bertz CT molecular complexity index is 987. The Morgan fingerprint density at radius 3 is 2.42 bits per heavy atom. The second-order valence-corrected chi connectivity index (χ2v) is 6.59. The Kier molecular flexibility index (Phi) is 8.56. The molecule has 0 fully saturated rings. The van der Waals surface area contributed by atoms with E-state index in [1.807, 2.05) is 26.0 Å². The number of amides is 2. The van der Waals surface area contributed by atoms with E-state index < -0.39 is 17.8 Å². The number of nitrogens with zero attached hydrogens (tertiary/aromatic N) is 1. The van der Waals surface area contributed by atoms with Crippen LogP contribution in [0, 0.1) is 13.8 Å². The van der Waals surface area contributed by atoms with Crippen molar-refractivity contribution in [2.45, 2.75) is 20.3 Å². The summed E-state index contributed by atoms with van der Waals surface area (Å²) in [6.45, 7) is 3.67. The highest BCUT2D eigenvalue weighted by Gasteiger charge is 2.10. The zero-order chi connectivity index (χ0) is 22.8. The number of carbonyl (C=O) groups is 3. The molecule has 2 amide bonds. The highest BCUT2D eigenvalue weighted by Crippen LogP contribution is 2.27. The van der Waals surface area contributed by atoms with Gasteiger partial charge in [-0.25, -0.2) is 10.2 Å². The third-order valence-electron chi connectivity index (χ3n) is 4.28. The number of nitrogens with one attached hydrogen (secondary N) is 2. The molecule has 2 aromatic rings. The maximum absolute atomic E-state index is 12.0. The normalized spacial score (nSPS) is 10.5. The SMILES string of the molecule is COC(=O)COc1ccc(C=NNC(=O)CC(=O)Nc2ccc(C)c(C)c2)cc1OC. The van der Waals surface area contributed by atoms with Crippen LogP contribution >= 0.6 is 0 Å². The van der Waals surface area contributed by atoms with Gasteiger partial charge in [0.05, 0.1) is 20.4 Å². The van der Waals surface area contributed by atoms with Crippen molar-refractivity contribution in [1.29, 1.82) is 0 Å². The molecule has 0 aliphatic heterocycles. The lowest BCUT2D eigenvalue weighted by atomic mass is 10.1. The van der Waals surface area contributed by atoms with E-state index >= 15 is 0 Å². The summed E-state index contributed by atoms with van der Waals surface area (Å²) in [5.74, 6) is -0.770. The maximum atomic E-state index is 12.0. The lowest BCUT2D eigenvalue weighted by molar-refractivity contribution is -0.143. The minimum Gasteiger partial charge on any atom is -0.493 e. The summed E-state index contributed by atoms with van der Waals surface area (Å²) in [5.41, 5.74) is 5.71. The van der Waals surface area contributed by atoms with Crippen LogP contribution in [-0.4, -0.2) is 44.8 Å². The van der Waals surface area contributed by atoms with E-state index in [2.05, 4.69) is 20.6 Å². The van der Waals surface area contributed by atoms with Gasteiger partial charge in [0.25, 0.3) is 0 Å². The first kappa shape index (κ1) is 23.4. The summed E-state index contributed by atoms with van der Waals surface area (Å²) >= 11 is 0. The zero-order valence-electron chi connectivity index (χ0n) is 17.9. The minimum atomic E-state index is -0.553. The number of esters is 1. The molecule has 0 radical (unpaired) electrons. The first-order valence-corrected chi connectivity index (χ1v) is 9.39. The summed E-state index contributed by atoms with van der Waals surface area (Å²) in [6, 6.07) is 10.4. The molecule has 0 aliphatic carbocycles. The molecule has 0 aliphatic rings. The predicted molar refractivity (Wildman–Crippen MR) is 115 cm³/mol. The fourth-order valence-electron chi connectivity index (χ4n) is 2.47. The quantitative estimate of drug-likeness (QED) is 0.275. The number of aryl methyl sites for hydroxylation is 2. The number of methoxy groups -OCH3 is 2. The Morgan fingerprint density at radius 2 is 1.74 bits per heavy atom. The summed E-state index contributed by atoms with van der Waals surface area (Å²) in [6.07, 6.45) is 1.03. The Hall–Kier alpha value is -3.88. The van der Waals surface area contributed by atoms with Gasteiger partial charge in [0.1, 0.15) is 6.42 Å². The number of hydrogen-bond acceptors (Lipinski definition) is 7. The molecule has 9 heteroatoms. The highest BCUT2D eigenvalue weighted by molar-refractivity contribution is 6.03. The van der Waals surface area contributed by atoms with Gasteiger partial charge in [0, 0.05) is 5.69 Å². The van der Waals surface area contributed by atoms with Crippen molar-refractivity contribution in [2.75, 3.05) is 26.1 Å². The Morgan fingerprint density at radius 1 is 0.968 bits per heavy atom. The van der Waals surface area contributed by atoms with Crippen LogP contribution in [0.15, 0.2) is 41.5 Å². The largest absolute Gasteiger partial charge is 0.493 e. The van der Waals surface area contributed by atoms with Gasteiger partial charge >= 0.3 is 5.97 Å². The van der Waals surface area contributed by atoms with E-state index in [1.54, 1.807) is 24.3 Å². The van der Waals surface area contributed by atoms with Gasteiger partial charge < -0.3 is 19.5 Å².